The van der Waals surface area contributed by atoms with Gasteiger partial charge in [-0.1, -0.05) is 60.7 Å². The van der Waals surface area contributed by atoms with Crippen molar-refractivity contribution < 1.29 is 14.3 Å². The third-order valence-electron chi connectivity index (χ3n) is 3.85. The molecule has 3 aromatic rings. The van der Waals surface area contributed by atoms with Crippen LogP contribution in [0.25, 0.3) is 0 Å². The maximum Gasteiger partial charge on any atom is 0.339 e. The van der Waals surface area contributed by atoms with Crippen molar-refractivity contribution in [1.29, 1.82) is 5.26 Å². The number of nitriles is 1. The lowest BCUT2D eigenvalue weighted by Crippen LogP contribution is -2.12. The zero-order chi connectivity index (χ0) is 18.4. The van der Waals surface area contributed by atoms with Crippen molar-refractivity contribution in [3.8, 4) is 6.07 Å². The Kier molecular flexibility index (Phi) is 5.21. The van der Waals surface area contributed by atoms with E-state index >= 15 is 0 Å². The Labute approximate surface area is 151 Å². The van der Waals surface area contributed by atoms with Gasteiger partial charge in [0.25, 0.3) is 0 Å². The van der Waals surface area contributed by atoms with Gasteiger partial charge in [-0.15, -0.1) is 0 Å². The molecule has 0 unspecified atom stereocenters. The van der Waals surface area contributed by atoms with E-state index in [4.69, 9.17) is 10.00 Å². The molecular weight excluding hydrogens is 326 g/mol. The van der Waals surface area contributed by atoms with Crippen LogP contribution in [0.1, 0.15) is 37.4 Å². The van der Waals surface area contributed by atoms with E-state index in [1.54, 1.807) is 72.8 Å². The minimum absolute atomic E-state index is 0.0300. The molecule has 4 nitrogen and oxygen atoms in total. The monoisotopic (exact) mass is 341 g/mol. The molecule has 0 saturated carbocycles. The Morgan fingerprint density at radius 1 is 0.846 bits per heavy atom. The van der Waals surface area contributed by atoms with Gasteiger partial charge in [0.15, 0.2) is 5.78 Å². The van der Waals surface area contributed by atoms with Crippen LogP contribution in [0.4, 0.5) is 0 Å². The molecule has 3 rings (SSSR count). The van der Waals surface area contributed by atoms with Crippen molar-refractivity contribution in [2.75, 3.05) is 0 Å². The van der Waals surface area contributed by atoms with Crippen LogP contribution in [0, 0.1) is 11.3 Å². The fourth-order valence-corrected chi connectivity index (χ4v) is 2.56. The molecule has 26 heavy (non-hydrogen) atoms. The lowest BCUT2D eigenvalue weighted by Gasteiger charge is -2.09. The molecular formula is C22H15NO3. The molecule has 0 aromatic heterocycles. The van der Waals surface area contributed by atoms with E-state index in [-0.39, 0.29) is 18.0 Å². The molecule has 0 bridgehead atoms. The molecule has 0 aliphatic rings. The first-order valence-electron chi connectivity index (χ1n) is 8.04. The highest BCUT2D eigenvalue weighted by Gasteiger charge is 2.19. The molecule has 0 N–H and O–H groups in total. The summed E-state index contributed by atoms with van der Waals surface area (Å²) < 4.78 is 5.34. The van der Waals surface area contributed by atoms with Gasteiger partial charge in [0.05, 0.1) is 17.2 Å². The summed E-state index contributed by atoms with van der Waals surface area (Å²) >= 11 is 0. The average molecular weight is 341 g/mol. The van der Waals surface area contributed by atoms with Crippen molar-refractivity contribution in [1.82, 2.24) is 0 Å². The summed E-state index contributed by atoms with van der Waals surface area (Å²) in [4.78, 5) is 25.2. The second kappa shape index (κ2) is 7.91. The maximum absolute atomic E-state index is 12.7. The average Bonchev–Trinajstić information content (AvgIpc) is 2.72. The number of rotatable bonds is 5. The number of hydrogen-bond donors (Lipinski definition) is 0. The Balaban J connectivity index is 1.80. The number of ketones is 1. The highest BCUT2D eigenvalue weighted by atomic mass is 16.5. The Morgan fingerprint density at radius 2 is 1.54 bits per heavy atom. The molecule has 0 radical (unpaired) electrons. The summed E-state index contributed by atoms with van der Waals surface area (Å²) in [5.74, 6) is -0.808. The van der Waals surface area contributed by atoms with Crippen molar-refractivity contribution >= 4 is 11.8 Å². The van der Waals surface area contributed by atoms with Crippen molar-refractivity contribution in [3.05, 3.63) is 107 Å². The van der Waals surface area contributed by atoms with E-state index in [0.29, 0.717) is 22.3 Å². The van der Waals surface area contributed by atoms with Gasteiger partial charge in [-0.3, -0.25) is 4.79 Å². The quantitative estimate of drug-likeness (QED) is 0.516. The van der Waals surface area contributed by atoms with Crippen molar-refractivity contribution in [3.63, 3.8) is 0 Å². The minimum Gasteiger partial charge on any atom is -0.457 e. The van der Waals surface area contributed by atoms with Gasteiger partial charge in [0, 0.05) is 11.1 Å². The van der Waals surface area contributed by atoms with Gasteiger partial charge in [0.2, 0.25) is 0 Å². The Hall–Kier alpha value is -3.71. The first kappa shape index (κ1) is 17.1. The molecule has 3 aromatic carbocycles. The van der Waals surface area contributed by atoms with Crippen molar-refractivity contribution in [2.24, 2.45) is 0 Å². The summed E-state index contributed by atoms with van der Waals surface area (Å²) in [7, 11) is 0. The number of carbonyl (C=O) groups excluding carboxylic acids is 2. The van der Waals surface area contributed by atoms with Gasteiger partial charge in [0.1, 0.15) is 6.61 Å². The molecule has 0 fully saturated rings. The third kappa shape index (κ3) is 3.85. The summed E-state index contributed by atoms with van der Waals surface area (Å²) in [5, 5.41) is 8.93. The van der Waals surface area contributed by atoms with Crippen LogP contribution in [0.2, 0.25) is 0 Å². The van der Waals surface area contributed by atoms with E-state index in [0.717, 1.165) is 0 Å². The SMILES string of the molecule is N#Cc1cccc(COC(=O)c2ccccc2C(=O)c2ccccc2)c1. The van der Waals surface area contributed by atoms with E-state index in [1.165, 1.54) is 0 Å². The summed E-state index contributed by atoms with van der Waals surface area (Å²) in [6.45, 7) is 0.0300. The Bertz CT molecular complexity index is 988. The molecule has 0 amide bonds. The molecule has 0 spiro atoms. The van der Waals surface area contributed by atoms with Gasteiger partial charge in [-0.25, -0.2) is 4.79 Å². The molecule has 0 aliphatic heterocycles. The number of carbonyl (C=O) groups is 2. The lowest BCUT2D eigenvalue weighted by atomic mass is 9.98. The smallest absolute Gasteiger partial charge is 0.339 e. The van der Waals surface area contributed by atoms with Crippen LogP contribution in [0.15, 0.2) is 78.9 Å². The molecule has 4 heteroatoms. The second-order valence-corrected chi connectivity index (χ2v) is 5.63. The molecule has 0 atom stereocenters. The molecule has 0 aliphatic carbocycles. The fraction of sp³-hybridized carbons (Fsp3) is 0.0455. The molecule has 0 saturated heterocycles. The van der Waals surface area contributed by atoms with Crippen molar-refractivity contribution in [2.45, 2.75) is 6.61 Å². The standard InChI is InChI=1S/C22H15NO3/c23-14-16-7-6-8-17(13-16)15-26-22(25)20-12-5-4-11-19(20)21(24)18-9-2-1-3-10-18/h1-13H,15H2. The van der Waals surface area contributed by atoms with Gasteiger partial charge in [-0.2, -0.15) is 5.26 Å². The number of hydrogen-bond acceptors (Lipinski definition) is 4. The van der Waals surface area contributed by atoms with Crippen LogP contribution in [0.3, 0.4) is 0 Å². The topological polar surface area (TPSA) is 67.2 Å². The van der Waals surface area contributed by atoms with Crippen LogP contribution in [-0.2, 0) is 11.3 Å². The maximum atomic E-state index is 12.7. The summed E-state index contributed by atoms with van der Waals surface area (Å²) in [5.41, 5.74) is 2.24. The largest absolute Gasteiger partial charge is 0.457 e. The van der Waals surface area contributed by atoms with E-state index in [2.05, 4.69) is 0 Å². The predicted molar refractivity (Wildman–Crippen MR) is 96.6 cm³/mol. The highest BCUT2D eigenvalue weighted by molar-refractivity contribution is 6.14. The lowest BCUT2D eigenvalue weighted by molar-refractivity contribution is 0.0470. The van der Waals surface area contributed by atoms with Gasteiger partial charge in [-0.05, 0) is 23.8 Å². The van der Waals surface area contributed by atoms with E-state index < -0.39 is 5.97 Å². The van der Waals surface area contributed by atoms with Crippen LogP contribution < -0.4 is 0 Å². The number of nitrogens with zero attached hydrogens (tertiary/aromatic N) is 1. The van der Waals surface area contributed by atoms with E-state index in [9.17, 15) is 9.59 Å². The minimum atomic E-state index is -0.577. The number of ether oxygens (including phenoxy) is 1. The molecule has 0 heterocycles. The summed E-state index contributed by atoms with van der Waals surface area (Å²) in [6, 6.07) is 24.3. The van der Waals surface area contributed by atoms with Crippen LogP contribution in [0.5, 0.6) is 0 Å². The third-order valence-corrected chi connectivity index (χ3v) is 3.85. The highest BCUT2D eigenvalue weighted by Crippen LogP contribution is 2.17. The predicted octanol–water partition coefficient (Wildman–Crippen LogP) is 4.15. The number of benzene rings is 3. The first-order valence-corrected chi connectivity index (χ1v) is 8.04. The normalized spacial score (nSPS) is 9.96. The zero-order valence-electron chi connectivity index (χ0n) is 13.9. The first-order chi connectivity index (χ1) is 12.7. The van der Waals surface area contributed by atoms with Gasteiger partial charge >= 0.3 is 5.97 Å². The molecule has 126 valence electrons. The second-order valence-electron chi connectivity index (χ2n) is 5.63. The van der Waals surface area contributed by atoms with E-state index in [1.807, 2.05) is 12.1 Å². The number of esters is 1. The fourth-order valence-electron chi connectivity index (χ4n) is 2.56. The van der Waals surface area contributed by atoms with Gasteiger partial charge < -0.3 is 4.74 Å². The zero-order valence-corrected chi connectivity index (χ0v) is 13.9. The van der Waals surface area contributed by atoms with Crippen LogP contribution in [-0.4, -0.2) is 11.8 Å². The van der Waals surface area contributed by atoms with Crippen LogP contribution >= 0.6 is 0 Å². The summed E-state index contributed by atoms with van der Waals surface area (Å²) in [6.07, 6.45) is 0. The Morgan fingerprint density at radius 3 is 2.27 bits per heavy atom.